The lowest BCUT2D eigenvalue weighted by Gasteiger charge is -2.06. The number of benzene rings is 2. The largest absolute Gasteiger partial charge is 0.325 e. The quantitative estimate of drug-likeness (QED) is 0.477. The van der Waals surface area contributed by atoms with E-state index in [0.717, 1.165) is 15.8 Å². The number of anilines is 1. The minimum Gasteiger partial charge on any atom is -0.325 e. The number of carbonyl (C=O) groups excluding carboxylic acids is 1. The van der Waals surface area contributed by atoms with Gasteiger partial charge in [-0.15, -0.1) is 11.8 Å². The lowest BCUT2D eigenvalue weighted by atomic mass is 10.2. The summed E-state index contributed by atoms with van der Waals surface area (Å²) in [6, 6.07) is 11.7. The van der Waals surface area contributed by atoms with Gasteiger partial charge in [-0.3, -0.25) is 24.3 Å². The molecule has 27 heavy (non-hydrogen) atoms. The SMILES string of the molecule is CCn1c(=O)sc2cc(NC(=O)CSCc3ccc([N+](=O)[O-])cc3)ccc21. The Bertz CT molecular complexity index is 1040. The molecule has 0 atom stereocenters. The van der Waals surface area contributed by atoms with Crippen molar-refractivity contribution in [3.05, 3.63) is 67.8 Å². The van der Waals surface area contributed by atoms with E-state index in [2.05, 4.69) is 5.32 Å². The van der Waals surface area contributed by atoms with E-state index in [-0.39, 0.29) is 22.2 Å². The molecule has 0 unspecified atom stereocenters. The van der Waals surface area contributed by atoms with Crippen LogP contribution in [-0.2, 0) is 17.1 Å². The average molecular weight is 403 g/mol. The number of non-ortho nitro benzene ring substituents is 1. The van der Waals surface area contributed by atoms with E-state index in [9.17, 15) is 19.7 Å². The second-order valence-corrected chi connectivity index (χ2v) is 7.74. The van der Waals surface area contributed by atoms with Gasteiger partial charge in [0.15, 0.2) is 0 Å². The Kier molecular flexibility index (Phi) is 5.92. The van der Waals surface area contributed by atoms with Gasteiger partial charge in [-0.1, -0.05) is 23.5 Å². The van der Waals surface area contributed by atoms with E-state index >= 15 is 0 Å². The second-order valence-electron chi connectivity index (χ2n) is 5.76. The molecular formula is C18H17N3O4S2. The number of thioether (sulfide) groups is 1. The van der Waals surface area contributed by atoms with Crippen molar-refractivity contribution < 1.29 is 9.72 Å². The number of fused-ring (bicyclic) bond motifs is 1. The first-order chi connectivity index (χ1) is 13.0. The summed E-state index contributed by atoms with van der Waals surface area (Å²) in [5.74, 6) is 0.718. The van der Waals surface area contributed by atoms with Crippen LogP contribution in [0.3, 0.4) is 0 Å². The first kappa shape index (κ1) is 19.1. The number of carbonyl (C=O) groups is 1. The minimum absolute atomic E-state index is 0.00497. The Labute approximate surface area is 163 Å². The van der Waals surface area contributed by atoms with E-state index in [1.54, 1.807) is 22.8 Å². The number of nitro groups is 1. The molecule has 2 aromatic carbocycles. The Morgan fingerprint density at radius 1 is 1.26 bits per heavy atom. The fraction of sp³-hybridized carbons (Fsp3) is 0.222. The molecule has 0 saturated heterocycles. The molecule has 0 spiro atoms. The van der Waals surface area contributed by atoms with Gasteiger partial charge in [0.25, 0.3) is 5.69 Å². The summed E-state index contributed by atoms with van der Waals surface area (Å²) in [5.41, 5.74) is 2.51. The summed E-state index contributed by atoms with van der Waals surface area (Å²) in [6.45, 7) is 2.54. The molecule has 140 valence electrons. The van der Waals surface area contributed by atoms with Crippen LogP contribution in [0.5, 0.6) is 0 Å². The molecule has 3 rings (SSSR count). The topological polar surface area (TPSA) is 94.2 Å². The maximum atomic E-state index is 12.1. The van der Waals surface area contributed by atoms with Crippen LogP contribution in [0.2, 0.25) is 0 Å². The summed E-state index contributed by atoms with van der Waals surface area (Å²) < 4.78 is 2.55. The van der Waals surface area contributed by atoms with Crippen LogP contribution >= 0.6 is 23.1 Å². The Morgan fingerprint density at radius 3 is 2.67 bits per heavy atom. The van der Waals surface area contributed by atoms with Crippen molar-refractivity contribution in [1.82, 2.24) is 4.57 Å². The molecule has 0 saturated carbocycles. The number of thiazole rings is 1. The van der Waals surface area contributed by atoms with Gasteiger partial charge >= 0.3 is 4.87 Å². The summed E-state index contributed by atoms with van der Waals surface area (Å²) in [7, 11) is 0. The standard InChI is InChI=1S/C18H17N3O4S2/c1-2-20-15-8-5-13(9-16(15)27-18(20)23)19-17(22)11-26-10-12-3-6-14(7-4-12)21(24)25/h3-9H,2,10-11H2,1H3,(H,19,22). The zero-order chi connectivity index (χ0) is 19.4. The zero-order valence-electron chi connectivity index (χ0n) is 14.5. The van der Waals surface area contributed by atoms with Gasteiger partial charge in [0, 0.05) is 30.1 Å². The molecule has 3 aromatic rings. The van der Waals surface area contributed by atoms with Crippen LogP contribution in [0.1, 0.15) is 12.5 Å². The van der Waals surface area contributed by atoms with Crippen LogP contribution in [0.15, 0.2) is 47.3 Å². The predicted octanol–water partition coefficient (Wildman–Crippen LogP) is 3.86. The molecule has 0 aliphatic heterocycles. The van der Waals surface area contributed by atoms with Crippen LogP contribution in [0.4, 0.5) is 11.4 Å². The molecule has 0 bridgehead atoms. The maximum Gasteiger partial charge on any atom is 0.308 e. The minimum atomic E-state index is -0.438. The van der Waals surface area contributed by atoms with Crippen molar-refractivity contribution in [1.29, 1.82) is 0 Å². The van der Waals surface area contributed by atoms with E-state index in [1.807, 2.05) is 19.1 Å². The molecule has 0 aliphatic carbocycles. The Hall–Kier alpha value is -2.65. The van der Waals surface area contributed by atoms with Gasteiger partial charge in [-0.05, 0) is 30.7 Å². The molecule has 1 N–H and O–H groups in total. The van der Waals surface area contributed by atoms with Gasteiger partial charge in [0.1, 0.15) is 0 Å². The molecule has 9 heteroatoms. The Morgan fingerprint density at radius 2 is 2.00 bits per heavy atom. The third-order valence-corrected chi connectivity index (χ3v) is 5.86. The third kappa shape index (κ3) is 4.55. The molecule has 1 heterocycles. The second kappa shape index (κ2) is 8.36. The molecule has 7 nitrogen and oxygen atoms in total. The van der Waals surface area contributed by atoms with Gasteiger partial charge < -0.3 is 5.32 Å². The predicted molar refractivity (Wildman–Crippen MR) is 110 cm³/mol. The number of nitrogens with one attached hydrogen (secondary N) is 1. The van der Waals surface area contributed by atoms with E-state index in [4.69, 9.17) is 0 Å². The van der Waals surface area contributed by atoms with Crippen molar-refractivity contribution >= 4 is 50.6 Å². The van der Waals surface area contributed by atoms with Gasteiger partial charge in [0.05, 0.1) is 20.9 Å². The lowest BCUT2D eigenvalue weighted by molar-refractivity contribution is -0.384. The highest BCUT2D eigenvalue weighted by Gasteiger charge is 2.09. The van der Waals surface area contributed by atoms with Crippen LogP contribution in [-0.4, -0.2) is 21.2 Å². The normalized spacial score (nSPS) is 10.9. The van der Waals surface area contributed by atoms with Crippen molar-refractivity contribution in [2.45, 2.75) is 19.2 Å². The van der Waals surface area contributed by atoms with Crippen molar-refractivity contribution in [3.8, 4) is 0 Å². The van der Waals surface area contributed by atoms with Crippen molar-refractivity contribution in [2.75, 3.05) is 11.1 Å². The molecular weight excluding hydrogens is 386 g/mol. The highest BCUT2D eigenvalue weighted by atomic mass is 32.2. The maximum absolute atomic E-state index is 12.1. The highest BCUT2D eigenvalue weighted by Crippen LogP contribution is 2.22. The van der Waals surface area contributed by atoms with Crippen molar-refractivity contribution in [2.24, 2.45) is 0 Å². The third-order valence-electron chi connectivity index (χ3n) is 3.92. The monoisotopic (exact) mass is 403 g/mol. The molecule has 0 aliphatic rings. The number of nitrogens with zero attached hydrogens (tertiary/aromatic N) is 2. The van der Waals surface area contributed by atoms with Crippen LogP contribution < -0.4 is 10.2 Å². The first-order valence-corrected chi connectivity index (χ1v) is 10.2. The number of hydrogen-bond acceptors (Lipinski definition) is 6. The number of aromatic nitrogens is 1. The van der Waals surface area contributed by atoms with Gasteiger partial charge in [-0.2, -0.15) is 0 Å². The number of rotatable bonds is 7. The van der Waals surface area contributed by atoms with E-state index in [0.29, 0.717) is 18.0 Å². The summed E-state index contributed by atoms with van der Waals surface area (Å²) in [4.78, 5) is 34.2. The molecule has 1 amide bonds. The zero-order valence-corrected chi connectivity index (χ0v) is 16.1. The van der Waals surface area contributed by atoms with Crippen LogP contribution in [0, 0.1) is 10.1 Å². The lowest BCUT2D eigenvalue weighted by Crippen LogP contribution is -2.14. The summed E-state index contributed by atoms with van der Waals surface area (Å²) in [5, 5.41) is 13.5. The number of hydrogen-bond donors (Lipinski definition) is 1. The highest BCUT2D eigenvalue weighted by molar-refractivity contribution is 7.99. The van der Waals surface area contributed by atoms with Crippen LogP contribution in [0.25, 0.3) is 10.2 Å². The number of aryl methyl sites for hydroxylation is 1. The first-order valence-electron chi connectivity index (χ1n) is 8.22. The smallest absolute Gasteiger partial charge is 0.308 e. The van der Waals surface area contributed by atoms with E-state index < -0.39 is 4.92 Å². The number of nitro benzene ring substituents is 1. The average Bonchev–Trinajstić information content (AvgIpc) is 2.96. The fourth-order valence-electron chi connectivity index (χ4n) is 2.62. The summed E-state index contributed by atoms with van der Waals surface area (Å²) >= 11 is 2.59. The summed E-state index contributed by atoms with van der Waals surface area (Å²) in [6.07, 6.45) is 0. The van der Waals surface area contributed by atoms with Gasteiger partial charge in [0.2, 0.25) is 5.91 Å². The van der Waals surface area contributed by atoms with Gasteiger partial charge in [-0.25, -0.2) is 0 Å². The molecule has 0 fully saturated rings. The fourth-order valence-corrected chi connectivity index (χ4v) is 4.40. The molecule has 0 radical (unpaired) electrons. The Balaban J connectivity index is 1.55. The number of amides is 1. The van der Waals surface area contributed by atoms with Crippen molar-refractivity contribution in [3.63, 3.8) is 0 Å². The molecule has 1 aromatic heterocycles. The van der Waals surface area contributed by atoms with E-state index in [1.165, 1.54) is 35.2 Å².